The predicted octanol–water partition coefficient (Wildman–Crippen LogP) is 2.18. The van der Waals surface area contributed by atoms with E-state index in [1.54, 1.807) is 7.11 Å². The molecule has 0 spiro atoms. The van der Waals surface area contributed by atoms with E-state index in [1.807, 2.05) is 12.1 Å². The van der Waals surface area contributed by atoms with Crippen LogP contribution in [0.5, 0.6) is 0 Å². The van der Waals surface area contributed by atoms with Gasteiger partial charge in [-0.1, -0.05) is 28.1 Å². The van der Waals surface area contributed by atoms with Gasteiger partial charge in [0.2, 0.25) is 5.91 Å². The summed E-state index contributed by atoms with van der Waals surface area (Å²) in [6, 6.07) is 8.22. The highest BCUT2D eigenvalue weighted by Crippen LogP contribution is 2.41. The van der Waals surface area contributed by atoms with Gasteiger partial charge < -0.3 is 15.4 Å². The Morgan fingerprint density at radius 3 is 2.60 bits per heavy atom. The molecule has 0 saturated heterocycles. The van der Waals surface area contributed by atoms with Crippen LogP contribution in [0.2, 0.25) is 0 Å². The van der Waals surface area contributed by atoms with Crippen molar-refractivity contribution in [2.24, 2.45) is 0 Å². The van der Waals surface area contributed by atoms with E-state index in [4.69, 9.17) is 4.74 Å². The molecule has 0 aromatic heterocycles. The molecule has 1 aliphatic carbocycles. The third kappa shape index (κ3) is 3.81. The minimum Gasteiger partial charge on any atom is -0.383 e. The van der Waals surface area contributed by atoms with Gasteiger partial charge >= 0.3 is 0 Å². The number of hydrogen-bond donors (Lipinski definition) is 2. The van der Waals surface area contributed by atoms with E-state index in [0.29, 0.717) is 19.7 Å². The zero-order chi connectivity index (χ0) is 14.4. The third-order valence-electron chi connectivity index (χ3n) is 3.75. The molecule has 0 unspecified atom stereocenters. The number of hydrogen-bond acceptors (Lipinski definition) is 3. The van der Waals surface area contributed by atoms with Gasteiger partial charge in [0.1, 0.15) is 0 Å². The lowest BCUT2D eigenvalue weighted by molar-refractivity contribution is -0.123. The molecular weight excluding hydrogens is 320 g/mol. The molecule has 1 amide bonds. The lowest BCUT2D eigenvalue weighted by Gasteiger charge is -2.43. The highest BCUT2D eigenvalue weighted by molar-refractivity contribution is 9.10. The van der Waals surface area contributed by atoms with Crippen molar-refractivity contribution >= 4 is 21.8 Å². The SMILES string of the molecule is COCCNCC(=O)NC1(c2ccc(Br)cc2)CCC1. The second-order valence-corrected chi connectivity index (χ2v) is 6.08. The molecule has 0 radical (unpaired) electrons. The largest absolute Gasteiger partial charge is 0.383 e. The van der Waals surface area contributed by atoms with Gasteiger partial charge in [-0.15, -0.1) is 0 Å². The molecule has 2 N–H and O–H groups in total. The summed E-state index contributed by atoms with van der Waals surface area (Å²) >= 11 is 3.44. The smallest absolute Gasteiger partial charge is 0.234 e. The predicted molar refractivity (Wildman–Crippen MR) is 82.6 cm³/mol. The molecule has 1 fully saturated rings. The van der Waals surface area contributed by atoms with Gasteiger partial charge in [-0.2, -0.15) is 0 Å². The van der Waals surface area contributed by atoms with Crippen molar-refractivity contribution < 1.29 is 9.53 Å². The summed E-state index contributed by atoms with van der Waals surface area (Å²) in [4.78, 5) is 12.0. The van der Waals surface area contributed by atoms with Crippen LogP contribution in [0.25, 0.3) is 0 Å². The zero-order valence-electron chi connectivity index (χ0n) is 11.7. The Kier molecular flexibility index (Phi) is 5.57. The fraction of sp³-hybridized carbons (Fsp3) is 0.533. The van der Waals surface area contributed by atoms with Gasteiger partial charge in [-0.05, 0) is 37.0 Å². The van der Waals surface area contributed by atoms with E-state index >= 15 is 0 Å². The fourth-order valence-electron chi connectivity index (χ4n) is 2.47. The molecule has 0 atom stereocenters. The molecule has 1 aromatic rings. The Labute approximate surface area is 128 Å². The summed E-state index contributed by atoms with van der Waals surface area (Å²) in [5.41, 5.74) is 1.03. The zero-order valence-corrected chi connectivity index (χ0v) is 13.3. The van der Waals surface area contributed by atoms with Crippen molar-refractivity contribution in [3.8, 4) is 0 Å². The molecule has 0 bridgehead atoms. The average molecular weight is 341 g/mol. The first kappa shape index (κ1) is 15.5. The van der Waals surface area contributed by atoms with E-state index < -0.39 is 0 Å². The van der Waals surface area contributed by atoms with Crippen molar-refractivity contribution in [1.82, 2.24) is 10.6 Å². The van der Waals surface area contributed by atoms with Crippen LogP contribution in [0.15, 0.2) is 28.7 Å². The molecule has 2 rings (SSSR count). The number of benzene rings is 1. The Balaban J connectivity index is 1.91. The van der Waals surface area contributed by atoms with Crippen molar-refractivity contribution in [2.45, 2.75) is 24.8 Å². The maximum absolute atomic E-state index is 12.0. The Morgan fingerprint density at radius 1 is 1.35 bits per heavy atom. The molecule has 20 heavy (non-hydrogen) atoms. The molecule has 4 nitrogen and oxygen atoms in total. The monoisotopic (exact) mass is 340 g/mol. The number of carbonyl (C=O) groups excluding carboxylic acids is 1. The average Bonchev–Trinajstić information content (AvgIpc) is 2.40. The van der Waals surface area contributed by atoms with Gasteiger partial charge in [0.25, 0.3) is 0 Å². The maximum atomic E-state index is 12.0. The van der Waals surface area contributed by atoms with E-state index in [2.05, 4.69) is 38.7 Å². The molecule has 0 heterocycles. The Bertz CT molecular complexity index is 444. The second-order valence-electron chi connectivity index (χ2n) is 5.16. The lowest BCUT2D eigenvalue weighted by Crippen LogP contribution is -2.53. The van der Waals surface area contributed by atoms with Crippen LogP contribution >= 0.6 is 15.9 Å². The first-order valence-electron chi connectivity index (χ1n) is 6.93. The molecule has 5 heteroatoms. The van der Waals surface area contributed by atoms with E-state index in [-0.39, 0.29) is 11.4 Å². The van der Waals surface area contributed by atoms with Crippen molar-refractivity contribution in [3.63, 3.8) is 0 Å². The highest BCUT2D eigenvalue weighted by Gasteiger charge is 2.39. The number of methoxy groups -OCH3 is 1. The molecule has 110 valence electrons. The number of nitrogens with one attached hydrogen (secondary N) is 2. The minimum absolute atomic E-state index is 0.0451. The summed E-state index contributed by atoms with van der Waals surface area (Å²) in [7, 11) is 1.65. The number of amides is 1. The molecule has 0 aliphatic heterocycles. The summed E-state index contributed by atoms with van der Waals surface area (Å²) < 4.78 is 6.00. The Hall–Kier alpha value is -0.910. The van der Waals surface area contributed by atoms with Gasteiger partial charge in [0.15, 0.2) is 0 Å². The van der Waals surface area contributed by atoms with Crippen LogP contribution in [0.4, 0.5) is 0 Å². The maximum Gasteiger partial charge on any atom is 0.234 e. The topological polar surface area (TPSA) is 50.4 Å². The second kappa shape index (κ2) is 7.20. The number of carbonyl (C=O) groups is 1. The summed E-state index contributed by atoms with van der Waals surface area (Å²) in [6.45, 7) is 1.64. The first-order chi connectivity index (χ1) is 9.66. The molecule has 1 saturated carbocycles. The molecule has 1 aliphatic rings. The number of ether oxygens (including phenoxy) is 1. The van der Waals surface area contributed by atoms with Crippen molar-refractivity contribution in [2.75, 3.05) is 26.8 Å². The van der Waals surface area contributed by atoms with Gasteiger partial charge in [0.05, 0.1) is 18.7 Å². The first-order valence-corrected chi connectivity index (χ1v) is 7.72. The molecular formula is C15H21BrN2O2. The quantitative estimate of drug-likeness (QED) is 0.748. The lowest BCUT2D eigenvalue weighted by atomic mass is 9.72. The fourth-order valence-corrected chi connectivity index (χ4v) is 2.74. The van der Waals surface area contributed by atoms with E-state index in [0.717, 1.165) is 23.7 Å². The Morgan fingerprint density at radius 2 is 2.05 bits per heavy atom. The van der Waals surface area contributed by atoms with Crippen LogP contribution in [0.1, 0.15) is 24.8 Å². The van der Waals surface area contributed by atoms with E-state index in [1.165, 1.54) is 5.56 Å². The van der Waals surface area contributed by atoms with Crippen molar-refractivity contribution in [3.05, 3.63) is 34.3 Å². The van der Waals surface area contributed by atoms with Gasteiger partial charge in [-0.3, -0.25) is 4.79 Å². The van der Waals surface area contributed by atoms with Crippen LogP contribution in [-0.2, 0) is 15.1 Å². The normalized spacial score (nSPS) is 16.5. The highest BCUT2D eigenvalue weighted by atomic mass is 79.9. The third-order valence-corrected chi connectivity index (χ3v) is 4.28. The molecule has 1 aromatic carbocycles. The minimum atomic E-state index is -0.166. The van der Waals surface area contributed by atoms with Crippen LogP contribution in [-0.4, -0.2) is 32.7 Å². The number of rotatable bonds is 7. The number of halogens is 1. The summed E-state index contributed by atoms with van der Waals surface area (Å²) in [5, 5.41) is 6.26. The summed E-state index contributed by atoms with van der Waals surface area (Å²) in [5.74, 6) is 0.0451. The standard InChI is InChI=1S/C15H21BrN2O2/c1-20-10-9-17-11-14(19)18-15(7-2-8-15)12-3-5-13(16)6-4-12/h3-6,17H,2,7-11H2,1H3,(H,18,19). The summed E-state index contributed by atoms with van der Waals surface area (Å²) in [6.07, 6.45) is 3.18. The van der Waals surface area contributed by atoms with Gasteiger partial charge in [-0.25, -0.2) is 0 Å². The van der Waals surface area contributed by atoms with Crippen LogP contribution in [0.3, 0.4) is 0 Å². The van der Waals surface area contributed by atoms with Crippen LogP contribution in [0, 0.1) is 0 Å². The van der Waals surface area contributed by atoms with Gasteiger partial charge in [0, 0.05) is 18.1 Å². The van der Waals surface area contributed by atoms with Crippen LogP contribution < -0.4 is 10.6 Å². The van der Waals surface area contributed by atoms with Crippen molar-refractivity contribution in [1.29, 1.82) is 0 Å². The van der Waals surface area contributed by atoms with E-state index in [9.17, 15) is 4.79 Å².